The van der Waals surface area contributed by atoms with E-state index in [9.17, 15) is 9.59 Å². The first-order valence-electron chi connectivity index (χ1n) is 8.79. The maximum absolute atomic E-state index is 12.9. The predicted molar refractivity (Wildman–Crippen MR) is 101 cm³/mol. The van der Waals surface area contributed by atoms with Gasteiger partial charge < -0.3 is 15.4 Å². The number of ether oxygens (including phenoxy) is 1. The maximum atomic E-state index is 12.9. The molecule has 1 aliphatic heterocycles. The molecule has 0 bridgehead atoms. The molecular weight excluding hydrogens is 375 g/mol. The van der Waals surface area contributed by atoms with Crippen LogP contribution in [0.2, 0.25) is 10.0 Å². The summed E-state index contributed by atoms with van der Waals surface area (Å²) >= 11 is 12.1. The number of nitrogens with one attached hydrogen (secondary N) is 2. The van der Waals surface area contributed by atoms with Crippen molar-refractivity contribution in [1.29, 1.82) is 0 Å². The zero-order valence-corrected chi connectivity index (χ0v) is 16.3. The second-order valence-electron chi connectivity index (χ2n) is 7.04. The van der Waals surface area contributed by atoms with Gasteiger partial charge in [-0.25, -0.2) is 9.59 Å². The third-order valence-electron chi connectivity index (χ3n) is 4.93. The molecule has 2 aliphatic rings. The van der Waals surface area contributed by atoms with Gasteiger partial charge in [0.05, 0.1) is 21.7 Å². The first kappa shape index (κ1) is 19.1. The Balaban J connectivity index is 1.87. The van der Waals surface area contributed by atoms with Crippen LogP contribution in [0.1, 0.15) is 51.1 Å². The Bertz CT molecular complexity index is 763. The van der Waals surface area contributed by atoms with Crippen LogP contribution in [0.3, 0.4) is 0 Å². The molecule has 0 saturated heterocycles. The van der Waals surface area contributed by atoms with Crippen LogP contribution in [0, 0.1) is 5.92 Å². The van der Waals surface area contributed by atoms with E-state index in [2.05, 4.69) is 17.6 Å². The van der Waals surface area contributed by atoms with Crippen LogP contribution < -0.4 is 10.6 Å². The normalized spacial score (nSPS) is 26.2. The quantitative estimate of drug-likeness (QED) is 0.724. The fraction of sp³-hybridized carbons (Fsp3) is 0.474. The van der Waals surface area contributed by atoms with E-state index in [0.29, 0.717) is 32.8 Å². The van der Waals surface area contributed by atoms with Gasteiger partial charge in [0.2, 0.25) is 0 Å². The fourth-order valence-electron chi connectivity index (χ4n) is 3.61. The molecule has 26 heavy (non-hydrogen) atoms. The van der Waals surface area contributed by atoms with Crippen molar-refractivity contribution in [2.75, 3.05) is 0 Å². The van der Waals surface area contributed by atoms with E-state index in [1.807, 2.05) is 0 Å². The van der Waals surface area contributed by atoms with Crippen molar-refractivity contribution in [3.63, 3.8) is 0 Å². The van der Waals surface area contributed by atoms with Crippen molar-refractivity contribution in [1.82, 2.24) is 10.6 Å². The lowest BCUT2D eigenvalue weighted by Gasteiger charge is -2.31. The molecular formula is C19H22Cl2N2O3. The van der Waals surface area contributed by atoms with Gasteiger partial charge in [-0.1, -0.05) is 42.6 Å². The molecule has 1 fully saturated rings. The minimum Gasteiger partial charge on any atom is -0.459 e. The van der Waals surface area contributed by atoms with E-state index in [-0.39, 0.29) is 12.1 Å². The second-order valence-corrected chi connectivity index (χ2v) is 7.86. The Hall–Kier alpha value is -1.72. The molecule has 1 aromatic carbocycles. The average Bonchev–Trinajstić information content (AvgIpc) is 2.56. The molecule has 0 radical (unpaired) electrons. The molecule has 3 rings (SSSR count). The van der Waals surface area contributed by atoms with Crippen LogP contribution in [0.4, 0.5) is 4.79 Å². The molecule has 140 valence electrons. The maximum Gasteiger partial charge on any atom is 0.338 e. The van der Waals surface area contributed by atoms with Gasteiger partial charge >= 0.3 is 12.0 Å². The van der Waals surface area contributed by atoms with Crippen molar-refractivity contribution in [3.05, 3.63) is 45.1 Å². The zero-order valence-electron chi connectivity index (χ0n) is 14.8. The first-order chi connectivity index (χ1) is 12.3. The van der Waals surface area contributed by atoms with Gasteiger partial charge in [0.25, 0.3) is 0 Å². The number of hydrogen-bond acceptors (Lipinski definition) is 3. The first-order valence-corrected chi connectivity index (χ1v) is 9.55. The topological polar surface area (TPSA) is 67.4 Å². The lowest BCUT2D eigenvalue weighted by Crippen LogP contribution is -2.45. The Labute approximate surface area is 163 Å². The number of esters is 1. The highest BCUT2D eigenvalue weighted by Crippen LogP contribution is 2.33. The third-order valence-corrected chi connectivity index (χ3v) is 5.67. The van der Waals surface area contributed by atoms with Crippen molar-refractivity contribution >= 4 is 35.2 Å². The Morgan fingerprint density at radius 1 is 1.23 bits per heavy atom. The molecule has 3 atom stereocenters. The minimum atomic E-state index is -0.632. The van der Waals surface area contributed by atoms with Gasteiger partial charge in [0.1, 0.15) is 6.10 Å². The predicted octanol–water partition coefficient (Wildman–Crippen LogP) is 4.74. The molecule has 0 aromatic heterocycles. The summed E-state index contributed by atoms with van der Waals surface area (Å²) < 4.78 is 5.77. The van der Waals surface area contributed by atoms with E-state index in [1.165, 1.54) is 6.42 Å². The highest BCUT2D eigenvalue weighted by molar-refractivity contribution is 6.42. The summed E-state index contributed by atoms with van der Waals surface area (Å²) in [7, 11) is 0. The van der Waals surface area contributed by atoms with Crippen molar-refractivity contribution in [2.45, 2.75) is 51.7 Å². The molecule has 5 nitrogen and oxygen atoms in total. The number of hydrogen-bond donors (Lipinski definition) is 2. The standard InChI is InChI=1S/C19H22Cl2N2O3/c1-10-4-3-5-13(8-10)26-18(24)16-11(2)22-19(25)23-17(16)12-6-7-14(20)15(21)9-12/h6-7,9-10,13,17H,3-5,8H2,1-2H3,(H2,22,23,25)/t10-,13-,17+/m0/s1. The average molecular weight is 397 g/mol. The summed E-state index contributed by atoms with van der Waals surface area (Å²) in [6.45, 7) is 3.87. The molecule has 2 amide bonds. The number of rotatable bonds is 3. The van der Waals surface area contributed by atoms with Gasteiger partial charge in [-0.2, -0.15) is 0 Å². The van der Waals surface area contributed by atoms with Crippen LogP contribution in [0.15, 0.2) is 29.5 Å². The fourth-order valence-corrected chi connectivity index (χ4v) is 3.91. The third kappa shape index (κ3) is 4.15. The second kappa shape index (κ2) is 7.89. The molecule has 1 aromatic rings. The van der Waals surface area contributed by atoms with Gasteiger partial charge in [0, 0.05) is 5.70 Å². The lowest BCUT2D eigenvalue weighted by molar-refractivity contribution is -0.146. The van der Waals surface area contributed by atoms with E-state index < -0.39 is 12.0 Å². The van der Waals surface area contributed by atoms with Gasteiger partial charge in [-0.05, 0) is 49.8 Å². The Kier molecular flexibility index (Phi) is 5.78. The largest absolute Gasteiger partial charge is 0.459 e. The van der Waals surface area contributed by atoms with E-state index >= 15 is 0 Å². The number of carbonyl (C=O) groups is 2. The SMILES string of the molecule is CC1=C(C(=O)O[C@H]2CCC[C@H](C)C2)[C@@H](c2ccc(Cl)c(Cl)c2)NC(=O)N1. The summed E-state index contributed by atoms with van der Waals surface area (Å²) in [5.41, 5.74) is 1.55. The Morgan fingerprint density at radius 3 is 2.69 bits per heavy atom. The molecule has 1 saturated carbocycles. The number of benzene rings is 1. The van der Waals surface area contributed by atoms with E-state index in [0.717, 1.165) is 19.3 Å². The molecule has 7 heteroatoms. The van der Waals surface area contributed by atoms with Crippen LogP contribution >= 0.6 is 23.2 Å². The monoisotopic (exact) mass is 396 g/mol. The van der Waals surface area contributed by atoms with Crippen LogP contribution in [-0.2, 0) is 9.53 Å². The molecule has 0 unspecified atom stereocenters. The van der Waals surface area contributed by atoms with Gasteiger partial charge in [0.15, 0.2) is 0 Å². The van der Waals surface area contributed by atoms with Crippen molar-refractivity contribution in [3.8, 4) is 0 Å². The number of amides is 2. The summed E-state index contributed by atoms with van der Waals surface area (Å²) in [6.07, 6.45) is 3.88. The lowest BCUT2D eigenvalue weighted by atomic mass is 9.88. The van der Waals surface area contributed by atoms with Crippen LogP contribution in [0.25, 0.3) is 0 Å². The number of allylic oxidation sites excluding steroid dienone is 1. The molecule has 1 aliphatic carbocycles. The summed E-state index contributed by atoms with van der Waals surface area (Å²) in [4.78, 5) is 24.8. The smallest absolute Gasteiger partial charge is 0.338 e. The van der Waals surface area contributed by atoms with Crippen LogP contribution in [0.5, 0.6) is 0 Å². The van der Waals surface area contributed by atoms with Crippen molar-refractivity contribution in [2.24, 2.45) is 5.92 Å². The molecule has 2 N–H and O–H groups in total. The zero-order chi connectivity index (χ0) is 18.8. The summed E-state index contributed by atoms with van der Waals surface area (Å²) in [6, 6.07) is 4.04. The van der Waals surface area contributed by atoms with E-state index in [4.69, 9.17) is 27.9 Å². The van der Waals surface area contributed by atoms with Crippen LogP contribution in [-0.4, -0.2) is 18.1 Å². The van der Waals surface area contributed by atoms with Crippen molar-refractivity contribution < 1.29 is 14.3 Å². The number of urea groups is 1. The molecule has 0 spiro atoms. The Morgan fingerprint density at radius 2 is 2.00 bits per heavy atom. The minimum absolute atomic E-state index is 0.0846. The number of halogens is 2. The highest BCUT2D eigenvalue weighted by atomic mass is 35.5. The molecule has 1 heterocycles. The summed E-state index contributed by atoms with van der Waals surface area (Å²) in [5.74, 6) is 0.136. The van der Waals surface area contributed by atoms with Gasteiger partial charge in [-0.15, -0.1) is 0 Å². The van der Waals surface area contributed by atoms with Gasteiger partial charge in [-0.3, -0.25) is 0 Å². The summed E-state index contributed by atoms with van der Waals surface area (Å²) in [5, 5.41) is 6.21. The highest BCUT2D eigenvalue weighted by Gasteiger charge is 2.34. The number of carbonyl (C=O) groups excluding carboxylic acids is 2. The van der Waals surface area contributed by atoms with E-state index in [1.54, 1.807) is 25.1 Å².